The van der Waals surface area contributed by atoms with Gasteiger partial charge in [0.1, 0.15) is 10.2 Å². The summed E-state index contributed by atoms with van der Waals surface area (Å²) in [6.07, 6.45) is 1.07. The van der Waals surface area contributed by atoms with Crippen LogP contribution in [0.25, 0.3) is 0 Å². The summed E-state index contributed by atoms with van der Waals surface area (Å²) in [5.74, 6) is 0. The van der Waals surface area contributed by atoms with Gasteiger partial charge < -0.3 is 0 Å². The monoisotopic (exact) mass is 145 g/mol. The maximum Gasteiger partial charge on any atom is 0.116 e. The number of hydrogen-bond acceptors (Lipinski definition) is 1. The van der Waals surface area contributed by atoms with E-state index in [1.54, 1.807) is 7.11 Å². The third-order valence-electron chi connectivity index (χ3n) is 1.61. The van der Waals surface area contributed by atoms with Crippen molar-refractivity contribution in [3.63, 3.8) is 0 Å². The molecule has 0 aliphatic rings. The van der Waals surface area contributed by atoms with E-state index >= 15 is 0 Å². The van der Waals surface area contributed by atoms with Gasteiger partial charge in [0, 0.05) is 0 Å². The molecule has 0 saturated carbocycles. The first kappa shape index (κ1) is 9.14. The number of hydrogen-bond donors (Lipinski definition) is 0. The molecule has 0 aliphatic heterocycles. The Hall–Kier alpha value is 0.137. The molecule has 0 bridgehead atoms. The Kier molecular flexibility index (Phi) is 3.39. The molecule has 0 amide bonds. The van der Waals surface area contributed by atoms with Crippen molar-refractivity contribution >= 4 is 10.2 Å². The Labute approximate surface area is 60.8 Å². The van der Waals surface area contributed by atoms with Crippen LogP contribution in [0.5, 0.6) is 0 Å². The van der Waals surface area contributed by atoms with Crippen molar-refractivity contribution in [1.82, 2.24) is 0 Å². The summed E-state index contributed by atoms with van der Waals surface area (Å²) in [5, 5.41) is 0. The quantitative estimate of drug-likeness (QED) is 0.320. The van der Waals surface area contributed by atoms with Crippen molar-refractivity contribution in [3.8, 4) is 0 Å². The van der Waals surface area contributed by atoms with Gasteiger partial charge >= 0.3 is 0 Å². The van der Waals surface area contributed by atoms with Gasteiger partial charge in [0.25, 0.3) is 0 Å². The predicted octanol–water partition coefficient (Wildman–Crippen LogP) is 0.529. The zero-order valence-electron chi connectivity index (χ0n) is 6.64. The molecule has 0 heterocycles. The van der Waals surface area contributed by atoms with Crippen molar-refractivity contribution < 1.29 is 9.48 Å². The van der Waals surface area contributed by atoms with Crippen LogP contribution >= 0.6 is 0 Å². The van der Waals surface area contributed by atoms with Crippen LogP contribution in [0, 0.1) is 0 Å². The van der Waals surface area contributed by atoms with Crippen LogP contribution in [0.2, 0.25) is 0 Å². The van der Waals surface area contributed by atoms with Gasteiger partial charge in [0.2, 0.25) is 0 Å². The van der Waals surface area contributed by atoms with E-state index in [1.807, 2.05) is 14.1 Å². The molecule has 0 rings (SSSR count). The van der Waals surface area contributed by atoms with E-state index in [4.69, 9.17) is 4.84 Å². The Morgan fingerprint density at radius 2 is 2.00 bits per heavy atom. The molecule has 0 spiro atoms. The lowest BCUT2D eigenvalue weighted by Gasteiger charge is -2.30. The molecule has 3 radical (unpaired) electrons. The summed E-state index contributed by atoms with van der Waals surface area (Å²) < 4.78 is 0.563. The highest BCUT2D eigenvalue weighted by atomic mass is 28.1. The zero-order chi connectivity index (χ0) is 7.49. The number of quaternary nitrogens is 1. The zero-order valence-corrected chi connectivity index (χ0v) is 7.64. The SMILES string of the molecule is CCC([Si])[N+](C)(C)OC. The van der Waals surface area contributed by atoms with Gasteiger partial charge in [-0.2, -0.15) is 4.65 Å². The van der Waals surface area contributed by atoms with Gasteiger partial charge in [0.15, 0.2) is 0 Å². The topological polar surface area (TPSA) is 9.23 Å². The molecular weight excluding hydrogens is 130 g/mol. The summed E-state index contributed by atoms with van der Waals surface area (Å²) in [6.45, 7) is 2.12. The standard InChI is InChI=1S/C6H15NOSi/c1-5-6(9)7(2,3)8-4/h6H,5H2,1-4H3/q+1. The predicted molar refractivity (Wildman–Crippen MR) is 39.0 cm³/mol. The summed E-state index contributed by atoms with van der Waals surface area (Å²) in [6, 6.07) is 0. The van der Waals surface area contributed by atoms with Crippen LogP contribution < -0.4 is 0 Å². The van der Waals surface area contributed by atoms with E-state index in [-0.39, 0.29) is 0 Å². The third-order valence-corrected chi connectivity index (χ3v) is 2.64. The second-order valence-electron chi connectivity index (χ2n) is 2.54. The summed E-state index contributed by atoms with van der Waals surface area (Å²) in [7, 11) is 9.30. The Bertz CT molecular complexity index is 85.1. The lowest BCUT2D eigenvalue weighted by Crippen LogP contribution is -2.47. The van der Waals surface area contributed by atoms with E-state index in [1.165, 1.54) is 0 Å². The molecule has 1 atom stereocenters. The Morgan fingerprint density at radius 1 is 1.56 bits per heavy atom. The Balaban J connectivity index is 3.80. The average molecular weight is 145 g/mol. The van der Waals surface area contributed by atoms with Gasteiger partial charge in [-0.15, -0.1) is 0 Å². The minimum absolute atomic E-state index is 0.384. The second kappa shape index (κ2) is 3.34. The molecular formula is C6H15NOSi+. The molecule has 0 aromatic heterocycles. The van der Waals surface area contributed by atoms with Crippen LogP contribution in [0.15, 0.2) is 0 Å². The second-order valence-corrected chi connectivity index (χ2v) is 3.21. The van der Waals surface area contributed by atoms with Crippen molar-refractivity contribution in [2.24, 2.45) is 0 Å². The number of hydroxylamine groups is 3. The summed E-state index contributed by atoms with van der Waals surface area (Å²) >= 11 is 0. The van der Waals surface area contributed by atoms with E-state index in [0.29, 0.717) is 10.3 Å². The van der Waals surface area contributed by atoms with Gasteiger partial charge in [-0.3, -0.25) is 0 Å². The van der Waals surface area contributed by atoms with Crippen LogP contribution in [0.3, 0.4) is 0 Å². The first-order valence-corrected chi connectivity index (χ1v) is 3.72. The summed E-state index contributed by atoms with van der Waals surface area (Å²) in [5.41, 5.74) is 0.384. The van der Waals surface area contributed by atoms with Gasteiger partial charge in [-0.25, -0.2) is 4.84 Å². The van der Waals surface area contributed by atoms with Crippen molar-refractivity contribution in [1.29, 1.82) is 0 Å². The molecule has 3 heteroatoms. The largest absolute Gasteiger partial charge is 0.207 e. The van der Waals surface area contributed by atoms with Gasteiger partial charge in [0.05, 0.1) is 26.9 Å². The molecule has 0 fully saturated rings. The fourth-order valence-electron chi connectivity index (χ4n) is 0.567. The van der Waals surface area contributed by atoms with Gasteiger partial charge in [-0.05, 0) is 6.42 Å². The van der Waals surface area contributed by atoms with Crippen LogP contribution in [0.1, 0.15) is 13.3 Å². The average Bonchev–Trinajstić information content (AvgIpc) is 1.86. The molecule has 0 aliphatic carbocycles. The molecule has 9 heavy (non-hydrogen) atoms. The third kappa shape index (κ3) is 2.47. The molecule has 53 valence electrons. The molecule has 0 saturated heterocycles. The smallest absolute Gasteiger partial charge is 0.116 e. The fraction of sp³-hybridized carbons (Fsp3) is 1.00. The van der Waals surface area contributed by atoms with Crippen LogP contribution in [-0.2, 0) is 4.84 Å². The maximum atomic E-state index is 5.18. The maximum absolute atomic E-state index is 5.18. The van der Waals surface area contributed by atoms with E-state index < -0.39 is 0 Å². The van der Waals surface area contributed by atoms with Crippen molar-refractivity contribution in [2.45, 2.75) is 19.0 Å². The lowest BCUT2D eigenvalue weighted by atomic mass is 10.4. The highest BCUT2D eigenvalue weighted by molar-refractivity contribution is 6.10. The van der Waals surface area contributed by atoms with E-state index in [2.05, 4.69) is 17.2 Å². The highest BCUT2D eigenvalue weighted by Crippen LogP contribution is 2.05. The minimum Gasteiger partial charge on any atom is -0.207 e. The summed E-state index contributed by atoms with van der Waals surface area (Å²) in [4.78, 5) is 5.18. The normalized spacial score (nSPS) is 15.7. The lowest BCUT2D eigenvalue weighted by molar-refractivity contribution is -1.08. The molecule has 1 unspecified atom stereocenters. The number of nitrogens with zero attached hydrogens (tertiary/aromatic N) is 1. The molecule has 0 aromatic carbocycles. The first-order valence-electron chi connectivity index (χ1n) is 3.15. The molecule has 0 N–H and O–H groups in total. The fourth-order valence-corrected chi connectivity index (χ4v) is 0.672. The molecule has 2 nitrogen and oxygen atoms in total. The highest BCUT2D eigenvalue weighted by Gasteiger charge is 2.21. The van der Waals surface area contributed by atoms with Crippen LogP contribution in [0.4, 0.5) is 0 Å². The van der Waals surface area contributed by atoms with Crippen LogP contribution in [-0.4, -0.2) is 41.8 Å². The number of rotatable bonds is 3. The van der Waals surface area contributed by atoms with E-state index in [0.717, 1.165) is 6.42 Å². The van der Waals surface area contributed by atoms with E-state index in [9.17, 15) is 0 Å². The Morgan fingerprint density at radius 3 is 2.11 bits per heavy atom. The first-order chi connectivity index (χ1) is 4.04. The van der Waals surface area contributed by atoms with Crippen molar-refractivity contribution in [3.05, 3.63) is 0 Å². The molecule has 0 aromatic rings. The minimum atomic E-state index is 0.384. The van der Waals surface area contributed by atoms with Gasteiger partial charge in [-0.1, -0.05) is 6.92 Å². The van der Waals surface area contributed by atoms with Crippen molar-refractivity contribution in [2.75, 3.05) is 21.2 Å².